The monoisotopic (exact) mass is 305 g/mol. The van der Waals surface area contributed by atoms with E-state index in [0.717, 1.165) is 5.56 Å². The van der Waals surface area contributed by atoms with E-state index < -0.39 is 24.4 Å². The van der Waals surface area contributed by atoms with Crippen LogP contribution in [0.1, 0.15) is 17.5 Å². The minimum atomic E-state index is -4.75. The molecule has 0 amide bonds. The van der Waals surface area contributed by atoms with Gasteiger partial charge in [0.1, 0.15) is 5.41 Å². The summed E-state index contributed by atoms with van der Waals surface area (Å²) >= 11 is 0. The molecule has 4 nitrogen and oxygen atoms in total. The molecule has 0 spiro atoms. The molecule has 0 aliphatic heterocycles. The van der Waals surface area contributed by atoms with E-state index in [2.05, 4.69) is 4.74 Å². The molecule has 1 aromatic rings. The lowest BCUT2D eigenvalue weighted by molar-refractivity contribution is -0.325. The molecule has 1 rings (SSSR count). The van der Waals surface area contributed by atoms with Crippen LogP contribution in [0.4, 0.5) is 13.2 Å². The fraction of sp³-hybridized carbons (Fsp3) is 0.500. The lowest BCUT2D eigenvalue weighted by Gasteiger charge is -2.30. The Labute approximate surface area is 121 Å². The van der Waals surface area contributed by atoms with Crippen LogP contribution in [-0.4, -0.2) is 32.6 Å². The van der Waals surface area contributed by atoms with Crippen molar-refractivity contribution in [3.8, 4) is 0 Å². The van der Waals surface area contributed by atoms with E-state index in [1.54, 1.807) is 18.2 Å². The Morgan fingerprint density at radius 2 is 2.00 bits per heavy atom. The Hall–Kier alpha value is -1.60. The van der Waals surface area contributed by atoms with Gasteiger partial charge >= 0.3 is 12.3 Å². The maximum atomic E-state index is 12.1. The van der Waals surface area contributed by atoms with E-state index in [1.807, 2.05) is 13.0 Å². The zero-order chi connectivity index (χ0) is 16.1. The predicted molar refractivity (Wildman–Crippen MR) is 70.6 cm³/mol. The molecule has 0 aliphatic rings. The molecular formula is C14H18F3NO3. The molecule has 21 heavy (non-hydrogen) atoms. The fourth-order valence-corrected chi connectivity index (χ4v) is 2.15. The molecule has 0 bridgehead atoms. The average Bonchev–Trinajstić information content (AvgIpc) is 2.42. The highest BCUT2D eigenvalue weighted by molar-refractivity contribution is 5.83. The van der Waals surface area contributed by atoms with Crippen molar-refractivity contribution in [2.45, 2.75) is 25.1 Å². The van der Waals surface area contributed by atoms with Gasteiger partial charge in [-0.3, -0.25) is 9.53 Å². The molecule has 2 N–H and O–H groups in total. The molecule has 0 saturated heterocycles. The van der Waals surface area contributed by atoms with Gasteiger partial charge in [-0.25, -0.2) is 0 Å². The topological polar surface area (TPSA) is 61.5 Å². The van der Waals surface area contributed by atoms with Gasteiger partial charge < -0.3 is 10.5 Å². The first-order valence-electron chi connectivity index (χ1n) is 6.31. The summed E-state index contributed by atoms with van der Waals surface area (Å²) in [5.74, 6) is -0.679. The van der Waals surface area contributed by atoms with E-state index in [0.29, 0.717) is 5.56 Å². The molecule has 1 unspecified atom stereocenters. The van der Waals surface area contributed by atoms with Gasteiger partial charge in [-0.15, -0.1) is 13.2 Å². The van der Waals surface area contributed by atoms with Crippen LogP contribution in [0.3, 0.4) is 0 Å². The second-order valence-electron chi connectivity index (χ2n) is 4.69. The highest BCUT2D eigenvalue weighted by Crippen LogP contribution is 2.30. The first-order valence-corrected chi connectivity index (χ1v) is 6.31. The molecule has 118 valence electrons. The zero-order valence-corrected chi connectivity index (χ0v) is 11.9. The van der Waals surface area contributed by atoms with Gasteiger partial charge in [0.05, 0.1) is 13.7 Å². The second kappa shape index (κ2) is 6.91. The Kier molecular flexibility index (Phi) is 5.74. The van der Waals surface area contributed by atoms with Crippen LogP contribution < -0.4 is 5.73 Å². The number of methoxy groups -OCH3 is 1. The van der Waals surface area contributed by atoms with Gasteiger partial charge in [0.2, 0.25) is 0 Å². The van der Waals surface area contributed by atoms with Crippen LogP contribution in [0.15, 0.2) is 24.3 Å². The van der Waals surface area contributed by atoms with Gasteiger partial charge in [0.25, 0.3) is 0 Å². The molecule has 0 radical (unpaired) electrons. The standard InChI is InChI=1S/C14H18F3NO3/c1-10-4-3-5-11(8-10)13(9-18,12(19)20-2)6-7-21-14(15,16)17/h3-5,8H,6-7,9,18H2,1-2H3. The van der Waals surface area contributed by atoms with Crippen molar-refractivity contribution in [1.82, 2.24) is 0 Å². The second-order valence-corrected chi connectivity index (χ2v) is 4.69. The molecule has 1 aromatic carbocycles. The lowest BCUT2D eigenvalue weighted by Crippen LogP contribution is -2.45. The molecular weight excluding hydrogens is 287 g/mol. The van der Waals surface area contributed by atoms with Crippen molar-refractivity contribution >= 4 is 5.97 Å². The van der Waals surface area contributed by atoms with Gasteiger partial charge in [0, 0.05) is 6.54 Å². The highest BCUT2D eigenvalue weighted by atomic mass is 19.4. The van der Waals surface area contributed by atoms with Crippen LogP contribution in [0.5, 0.6) is 0 Å². The van der Waals surface area contributed by atoms with Crippen molar-refractivity contribution in [2.24, 2.45) is 5.73 Å². The minimum Gasteiger partial charge on any atom is -0.468 e. The number of ether oxygens (including phenoxy) is 2. The summed E-state index contributed by atoms with van der Waals surface area (Å²) in [6.07, 6.45) is -4.97. The van der Waals surface area contributed by atoms with Crippen molar-refractivity contribution in [2.75, 3.05) is 20.3 Å². The maximum absolute atomic E-state index is 12.1. The first-order chi connectivity index (χ1) is 9.75. The highest BCUT2D eigenvalue weighted by Gasteiger charge is 2.41. The molecule has 0 fully saturated rings. The lowest BCUT2D eigenvalue weighted by atomic mass is 9.77. The number of aryl methyl sites for hydroxylation is 1. The van der Waals surface area contributed by atoms with Crippen LogP contribution >= 0.6 is 0 Å². The Morgan fingerprint density at radius 3 is 2.48 bits per heavy atom. The summed E-state index contributed by atoms with van der Waals surface area (Å²) in [7, 11) is 1.17. The molecule has 1 atom stereocenters. The molecule has 0 saturated carbocycles. The van der Waals surface area contributed by atoms with Gasteiger partial charge in [-0.05, 0) is 18.9 Å². The smallest absolute Gasteiger partial charge is 0.468 e. The van der Waals surface area contributed by atoms with E-state index >= 15 is 0 Å². The quantitative estimate of drug-likeness (QED) is 0.819. The summed E-state index contributed by atoms with van der Waals surface area (Å²) in [6, 6.07) is 6.87. The van der Waals surface area contributed by atoms with Crippen molar-refractivity contribution < 1.29 is 27.4 Å². The van der Waals surface area contributed by atoms with Gasteiger partial charge in [-0.1, -0.05) is 29.8 Å². The Bertz CT molecular complexity index is 491. The zero-order valence-electron chi connectivity index (χ0n) is 11.9. The van der Waals surface area contributed by atoms with Crippen LogP contribution in [0, 0.1) is 6.92 Å². The largest absolute Gasteiger partial charge is 0.522 e. The van der Waals surface area contributed by atoms with E-state index in [9.17, 15) is 18.0 Å². The van der Waals surface area contributed by atoms with E-state index in [1.165, 1.54) is 7.11 Å². The average molecular weight is 305 g/mol. The summed E-state index contributed by atoms with van der Waals surface area (Å²) in [5.41, 5.74) is 5.71. The fourth-order valence-electron chi connectivity index (χ4n) is 2.15. The number of esters is 1. The Balaban J connectivity index is 3.08. The maximum Gasteiger partial charge on any atom is 0.522 e. The Morgan fingerprint density at radius 1 is 1.33 bits per heavy atom. The number of hydrogen-bond acceptors (Lipinski definition) is 4. The third kappa shape index (κ3) is 4.44. The minimum absolute atomic E-state index is 0.176. The molecule has 0 aliphatic carbocycles. The number of carbonyl (C=O) groups is 1. The van der Waals surface area contributed by atoms with Crippen LogP contribution in [0.2, 0.25) is 0 Å². The summed E-state index contributed by atoms with van der Waals surface area (Å²) in [6.45, 7) is 0.961. The number of hydrogen-bond donors (Lipinski definition) is 1. The molecule has 0 heterocycles. The molecule has 7 heteroatoms. The number of rotatable bonds is 6. The number of halogens is 3. The van der Waals surface area contributed by atoms with Crippen molar-refractivity contribution in [1.29, 1.82) is 0 Å². The summed E-state index contributed by atoms with van der Waals surface area (Å²) < 4.78 is 44.8. The van der Waals surface area contributed by atoms with E-state index in [-0.39, 0.29) is 13.0 Å². The summed E-state index contributed by atoms with van der Waals surface area (Å²) in [5, 5.41) is 0. The third-order valence-corrected chi connectivity index (χ3v) is 3.29. The number of nitrogens with two attached hydrogens (primary N) is 1. The first kappa shape index (κ1) is 17.5. The van der Waals surface area contributed by atoms with Crippen LogP contribution in [-0.2, 0) is 19.7 Å². The number of alkyl halides is 3. The number of carbonyl (C=O) groups excluding carboxylic acids is 1. The van der Waals surface area contributed by atoms with E-state index in [4.69, 9.17) is 10.5 Å². The molecule has 0 aromatic heterocycles. The third-order valence-electron chi connectivity index (χ3n) is 3.29. The van der Waals surface area contributed by atoms with Crippen molar-refractivity contribution in [3.63, 3.8) is 0 Å². The number of benzene rings is 1. The SMILES string of the molecule is COC(=O)C(CN)(CCOC(F)(F)F)c1cccc(C)c1. The van der Waals surface area contributed by atoms with Gasteiger partial charge in [-0.2, -0.15) is 0 Å². The normalized spacial score (nSPS) is 14.6. The summed E-state index contributed by atoms with van der Waals surface area (Å²) in [4.78, 5) is 12.1. The van der Waals surface area contributed by atoms with Crippen molar-refractivity contribution in [3.05, 3.63) is 35.4 Å². The predicted octanol–water partition coefficient (Wildman–Crippen LogP) is 2.29. The van der Waals surface area contributed by atoms with Crippen LogP contribution in [0.25, 0.3) is 0 Å². The van der Waals surface area contributed by atoms with Gasteiger partial charge in [0.15, 0.2) is 0 Å².